The molecular weight excluding hydrogens is 300 g/mol. The van der Waals surface area contributed by atoms with Crippen LogP contribution in [0.1, 0.15) is 41.0 Å². The number of aryl methyl sites for hydroxylation is 1. The highest BCUT2D eigenvalue weighted by atomic mass is 79.9. The Morgan fingerprint density at radius 2 is 2.41 bits per heavy atom. The van der Waals surface area contributed by atoms with Gasteiger partial charge in [-0.2, -0.15) is 0 Å². The molecule has 1 fully saturated rings. The summed E-state index contributed by atoms with van der Waals surface area (Å²) in [6.45, 7) is 2.76. The van der Waals surface area contributed by atoms with E-state index in [1.54, 1.807) is 5.51 Å². The number of thiazole rings is 1. The molecule has 17 heavy (non-hydrogen) atoms. The van der Waals surface area contributed by atoms with E-state index in [4.69, 9.17) is 0 Å². The molecular formula is C12H17BrN2OS. The average molecular weight is 317 g/mol. The third kappa shape index (κ3) is 2.88. The highest BCUT2D eigenvalue weighted by molar-refractivity contribution is 9.09. The van der Waals surface area contributed by atoms with Gasteiger partial charge >= 0.3 is 0 Å². The molecule has 1 aromatic rings. The van der Waals surface area contributed by atoms with Gasteiger partial charge in [-0.15, -0.1) is 11.3 Å². The molecule has 0 radical (unpaired) electrons. The van der Waals surface area contributed by atoms with Gasteiger partial charge in [0.25, 0.3) is 5.91 Å². The Kier molecular flexibility index (Phi) is 4.56. The lowest BCUT2D eigenvalue weighted by molar-refractivity contribution is 0.0585. The van der Waals surface area contributed by atoms with Crippen LogP contribution in [-0.4, -0.2) is 33.7 Å². The number of hydrogen-bond donors (Lipinski definition) is 0. The maximum absolute atomic E-state index is 12.4. The summed E-state index contributed by atoms with van der Waals surface area (Å²) in [5, 5.41) is 0.950. The van der Waals surface area contributed by atoms with Crippen molar-refractivity contribution < 1.29 is 4.79 Å². The minimum Gasteiger partial charge on any atom is -0.335 e. The average Bonchev–Trinajstić information content (AvgIpc) is 2.67. The highest BCUT2D eigenvalue weighted by Crippen LogP contribution is 2.27. The second kappa shape index (κ2) is 5.96. The quantitative estimate of drug-likeness (QED) is 0.781. The van der Waals surface area contributed by atoms with Gasteiger partial charge in [0, 0.05) is 17.9 Å². The van der Waals surface area contributed by atoms with E-state index in [0.29, 0.717) is 6.04 Å². The number of nitrogens with zero attached hydrogens (tertiary/aromatic N) is 2. The number of carbonyl (C=O) groups is 1. The lowest BCUT2D eigenvalue weighted by atomic mass is 9.91. The number of alkyl halides is 1. The van der Waals surface area contributed by atoms with E-state index in [2.05, 4.69) is 20.9 Å². The van der Waals surface area contributed by atoms with Crippen LogP contribution in [-0.2, 0) is 0 Å². The van der Waals surface area contributed by atoms with Crippen LogP contribution in [0.5, 0.6) is 0 Å². The van der Waals surface area contributed by atoms with E-state index in [1.807, 2.05) is 11.8 Å². The maximum atomic E-state index is 12.4. The molecule has 3 nitrogen and oxygen atoms in total. The molecule has 0 aliphatic heterocycles. The van der Waals surface area contributed by atoms with Crippen LogP contribution in [0.25, 0.3) is 0 Å². The van der Waals surface area contributed by atoms with Gasteiger partial charge in [0.15, 0.2) is 0 Å². The molecule has 1 amide bonds. The van der Waals surface area contributed by atoms with E-state index in [0.717, 1.165) is 41.7 Å². The van der Waals surface area contributed by atoms with Gasteiger partial charge < -0.3 is 4.90 Å². The summed E-state index contributed by atoms with van der Waals surface area (Å²) < 4.78 is 0. The molecule has 0 unspecified atom stereocenters. The van der Waals surface area contributed by atoms with Crippen LogP contribution in [0, 0.1) is 6.92 Å². The van der Waals surface area contributed by atoms with E-state index in [9.17, 15) is 4.79 Å². The van der Waals surface area contributed by atoms with E-state index < -0.39 is 0 Å². The second-order valence-corrected chi connectivity index (χ2v) is 6.04. The molecule has 1 aromatic heterocycles. The fourth-order valence-electron chi connectivity index (χ4n) is 2.02. The molecule has 1 heterocycles. The number of rotatable bonds is 5. The standard InChI is InChI=1S/C12H17BrN2OS/c1-9-11(17-8-14-9)12(16)15(7-3-6-13)10-4-2-5-10/h8,10H,2-7H2,1H3. The zero-order valence-electron chi connectivity index (χ0n) is 9.99. The lowest BCUT2D eigenvalue weighted by Gasteiger charge is -2.37. The van der Waals surface area contributed by atoms with E-state index in [-0.39, 0.29) is 5.91 Å². The molecule has 0 saturated heterocycles. The minimum absolute atomic E-state index is 0.177. The summed E-state index contributed by atoms with van der Waals surface area (Å²) in [4.78, 5) is 19.5. The van der Waals surface area contributed by atoms with Crippen LogP contribution in [0.4, 0.5) is 0 Å². The van der Waals surface area contributed by atoms with Gasteiger partial charge in [-0.05, 0) is 32.6 Å². The topological polar surface area (TPSA) is 33.2 Å². The van der Waals surface area contributed by atoms with Crippen LogP contribution in [0.15, 0.2) is 5.51 Å². The number of halogens is 1. The zero-order valence-corrected chi connectivity index (χ0v) is 12.4. The molecule has 2 rings (SSSR count). The van der Waals surface area contributed by atoms with Crippen molar-refractivity contribution in [2.24, 2.45) is 0 Å². The van der Waals surface area contributed by atoms with Gasteiger partial charge in [-0.25, -0.2) is 4.98 Å². The normalized spacial score (nSPS) is 15.6. The van der Waals surface area contributed by atoms with E-state index >= 15 is 0 Å². The van der Waals surface area contributed by atoms with Crippen molar-refractivity contribution in [1.82, 2.24) is 9.88 Å². The largest absolute Gasteiger partial charge is 0.335 e. The van der Waals surface area contributed by atoms with E-state index in [1.165, 1.54) is 17.8 Å². The first-order valence-corrected chi connectivity index (χ1v) is 8.01. The fourth-order valence-corrected chi connectivity index (χ4v) is 3.02. The predicted molar refractivity (Wildman–Crippen MR) is 73.9 cm³/mol. The number of hydrogen-bond acceptors (Lipinski definition) is 3. The summed E-state index contributed by atoms with van der Waals surface area (Å²) in [5.41, 5.74) is 2.62. The summed E-state index contributed by atoms with van der Waals surface area (Å²) in [5.74, 6) is 0.177. The molecule has 5 heteroatoms. The van der Waals surface area contributed by atoms with Crippen molar-refractivity contribution in [3.63, 3.8) is 0 Å². The maximum Gasteiger partial charge on any atom is 0.266 e. The lowest BCUT2D eigenvalue weighted by Crippen LogP contribution is -2.44. The first-order valence-electron chi connectivity index (χ1n) is 6.01. The third-order valence-electron chi connectivity index (χ3n) is 3.25. The molecule has 94 valence electrons. The molecule has 0 spiro atoms. The van der Waals surface area contributed by atoms with Gasteiger partial charge in [0.1, 0.15) is 4.88 Å². The number of carbonyl (C=O) groups excluding carboxylic acids is 1. The van der Waals surface area contributed by atoms with Crippen molar-refractivity contribution in [2.45, 2.75) is 38.6 Å². The minimum atomic E-state index is 0.177. The van der Waals surface area contributed by atoms with Crippen molar-refractivity contribution in [3.05, 3.63) is 16.1 Å². The van der Waals surface area contributed by atoms with Crippen LogP contribution >= 0.6 is 27.3 Å². The Hall–Kier alpha value is -0.420. The Morgan fingerprint density at radius 3 is 2.88 bits per heavy atom. The van der Waals surface area contributed by atoms with Crippen molar-refractivity contribution in [3.8, 4) is 0 Å². The van der Waals surface area contributed by atoms with Crippen LogP contribution in [0.3, 0.4) is 0 Å². The SMILES string of the molecule is Cc1ncsc1C(=O)N(CCCBr)C1CCC1. The first kappa shape index (κ1) is 13.0. The van der Waals surface area contributed by atoms with Crippen molar-refractivity contribution >= 4 is 33.2 Å². The van der Waals surface area contributed by atoms with Gasteiger partial charge in [0.05, 0.1) is 11.2 Å². The fraction of sp³-hybridized carbons (Fsp3) is 0.667. The molecule has 0 atom stereocenters. The van der Waals surface area contributed by atoms with Crippen molar-refractivity contribution in [1.29, 1.82) is 0 Å². The summed E-state index contributed by atoms with van der Waals surface area (Å²) >= 11 is 4.89. The zero-order chi connectivity index (χ0) is 12.3. The van der Waals surface area contributed by atoms with Crippen LogP contribution < -0.4 is 0 Å². The molecule has 1 saturated carbocycles. The summed E-state index contributed by atoms with van der Waals surface area (Å²) in [6, 6.07) is 0.461. The number of amides is 1. The van der Waals surface area contributed by atoms with Gasteiger partial charge in [-0.1, -0.05) is 15.9 Å². The Balaban J connectivity index is 2.09. The smallest absolute Gasteiger partial charge is 0.266 e. The molecule has 1 aliphatic carbocycles. The van der Waals surface area contributed by atoms with Crippen LogP contribution in [0.2, 0.25) is 0 Å². The summed E-state index contributed by atoms with van der Waals surface area (Å²) in [7, 11) is 0. The Bertz CT molecular complexity index is 390. The molecule has 1 aliphatic rings. The van der Waals surface area contributed by atoms with Gasteiger partial charge in [-0.3, -0.25) is 4.79 Å². The monoisotopic (exact) mass is 316 g/mol. The Morgan fingerprint density at radius 1 is 1.65 bits per heavy atom. The predicted octanol–water partition coefficient (Wildman–Crippen LogP) is 3.23. The number of aromatic nitrogens is 1. The molecule has 0 bridgehead atoms. The molecule has 0 N–H and O–H groups in total. The van der Waals surface area contributed by atoms with Crippen molar-refractivity contribution in [2.75, 3.05) is 11.9 Å². The third-order valence-corrected chi connectivity index (χ3v) is 4.73. The highest BCUT2D eigenvalue weighted by Gasteiger charge is 2.30. The Labute approximate surface area is 114 Å². The summed E-state index contributed by atoms with van der Waals surface area (Å²) in [6.07, 6.45) is 4.59. The second-order valence-electron chi connectivity index (χ2n) is 4.39. The first-order chi connectivity index (χ1) is 8.24. The van der Waals surface area contributed by atoms with Gasteiger partial charge in [0.2, 0.25) is 0 Å². The molecule has 0 aromatic carbocycles.